The summed E-state index contributed by atoms with van der Waals surface area (Å²) in [4.78, 5) is 0. The number of hydrogen-bond acceptors (Lipinski definition) is 4. The summed E-state index contributed by atoms with van der Waals surface area (Å²) in [6.07, 6.45) is 3.61. The molecule has 0 amide bonds. The van der Waals surface area contributed by atoms with Crippen LogP contribution in [-0.4, -0.2) is 23.4 Å². The molecule has 102 valence electrons. The van der Waals surface area contributed by atoms with Gasteiger partial charge in [0.25, 0.3) is 0 Å². The summed E-state index contributed by atoms with van der Waals surface area (Å²) >= 11 is 0. The first kappa shape index (κ1) is 13.4. The monoisotopic (exact) mass is 260 g/mol. The first-order valence-corrected chi connectivity index (χ1v) is 6.38. The number of aromatic nitrogens is 2. The maximum Gasteiger partial charge on any atom is 0.125 e. The molecule has 0 spiro atoms. The predicted molar refractivity (Wildman–Crippen MR) is 76.1 cm³/mol. The van der Waals surface area contributed by atoms with Crippen molar-refractivity contribution in [2.24, 2.45) is 5.73 Å². The Hall–Kier alpha value is -2.01. The lowest BCUT2D eigenvalue weighted by Gasteiger charge is -2.09. The number of anilines is 1. The molecule has 0 radical (unpaired) electrons. The van der Waals surface area contributed by atoms with E-state index in [-0.39, 0.29) is 0 Å². The number of benzene rings is 1. The van der Waals surface area contributed by atoms with Gasteiger partial charge in [-0.2, -0.15) is 5.10 Å². The van der Waals surface area contributed by atoms with Crippen LogP contribution in [0.5, 0.6) is 5.75 Å². The average molecular weight is 260 g/mol. The van der Waals surface area contributed by atoms with Crippen LogP contribution in [0.4, 0.5) is 5.82 Å². The van der Waals surface area contributed by atoms with Crippen LogP contribution in [0.1, 0.15) is 17.5 Å². The minimum Gasteiger partial charge on any atom is -0.496 e. The average Bonchev–Trinajstić information content (AvgIpc) is 2.78. The van der Waals surface area contributed by atoms with Crippen LogP contribution in [0.25, 0.3) is 0 Å². The van der Waals surface area contributed by atoms with Gasteiger partial charge in [0.2, 0.25) is 0 Å². The number of aryl methyl sites for hydroxylation is 1. The molecule has 0 atom stereocenters. The molecule has 2 aromatic rings. The van der Waals surface area contributed by atoms with Gasteiger partial charge in [-0.1, -0.05) is 18.2 Å². The molecule has 5 heteroatoms. The Morgan fingerprint density at radius 1 is 1.26 bits per heavy atom. The molecule has 0 aliphatic rings. The van der Waals surface area contributed by atoms with Crippen molar-refractivity contribution in [3.8, 4) is 5.75 Å². The standard InChI is InChI=1S/C14H20N4O/c1-19-13-7-3-2-5-12(13)10-18-14(16)11(9-17-18)6-4-8-15/h2-3,5,7,9H,4,6,8,10,15-16H2,1H3. The van der Waals surface area contributed by atoms with Crippen LogP contribution in [0, 0.1) is 0 Å². The van der Waals surface area contributed by atoms with Crippen LogP contribution >= 0.6 is 0 Å². The largest absolute Gasteiger partial charge is 0.496 e. The van der Waals surface area contributed by atoms with Crippen molar-refractivity contribution in [1.82, 2.24) is 9.78 Å². The third-order valence-corrected chi connectivity index (χ3v) is 3.12. The van der Waals surface area contributed by atoms with E-state index in [1.807, 2.05) is 30.5 Å². The fourth-order valence-corrected chi connectivity index (χ4v) is 2.04. The van der Waals surface area contributed by atoms with E-state index in [4.69, 9.17) is 16.2 Å². The fourth-order valence-electron chi connectivity index (χ4n) is 2.04. The van der Waals surface area contributed by atoms with Gasteiger partial charge < -0.3 is 16.2 Å². The first-order chi connectivity index (χ1) is 9.26. The summed E-state index contributed by atoms with van der Waals surface area (Å²) in [5, 5.41) is 4.33. The highest BCUT2D eigenvalue weighted by Gasteiger charge is 2.09. The zero-order chi connectivity index (χ0) is 13.7. The molecule has 19 heavy (non-hydrogen) atoms. The van der Waals surface area contributed by atoms with E-state index in [0.717, 1.165) is 29.7 Å². The van der Waals surface area contributed by atoms with Gasteiger partial charge in [0.1, 0.15) is 11.6 Å². The van der Waals surface area contributed by atoms with Gasteiger partial charge in [0, 0.05) is 11.1 Å². The maximum absolute atomic E-state index is 6.10. The van der Waals surface area contributed by atoms with Crippen molar-refractivity contribution in [1.29, 1.82) is 0 Å². The smallest absolute Gasteiger partial charge is 0.125 e. The van der Waals surface area contributed by atoms with Crippen LogP contribution in [0.2, 0.25) is 0 Å². The van der Waals surface area contributed by atoms with E-state index >= 15 is 0 Å². The molecule has 1 heterocycles. The molecule has 0 saturated carbocycles. The van der Waals surface area contributed by atoms with Crippen LogP contribution in [-0.2, 0) is 13.0 Å². The summed E-state index contributed by atoms with van der Waals surface area (Å²) in [6.45, 7) is 1.27. The molecule has 1 aromatic carbocycles. The van der Waals surface area contributed by atoms with Crippen molar-refractivity contribution < 1.29 is 4.74 Å². The summed E-state index contributed by atoms with van der Waals surface area (Å²) in [5.74, 6) is 1.56. The summed E-state index contributed by atoms with van der Waals surface area (Å²) in [6, 6.07) is 7.87. The number of rotatable bonds is 6. The number of para-hydroxylation sites is 1. The van der Waals surface area contributed by atoms with Gasteiger partial charge in [-0.05, 0) is 25.5 Å². The van der Waals surface area contributed by atoms with E-state index in [9.17, 15) is 0 Å². The van der Waals surface area contributed by atoms with Gasteiger partial charge in [-0.15, -0.1) is 0 Å². The molecule has 0 fully saturated rings. The molecule has 0 aliphatic heterocycles. The molecule has 0 bridgehead atoms. The molecule has 2 rings (SSSR count). The molecule has 5 nitrogen and oxygen atoms in total. The van der Waals surface area contributed by atoms with Crippen molar-refractivity contribution in [3.05, 3.63) is 41.6 Å². The second-order valence-electron chi connectivity index (χ2n) is 4.42. The number of methoxy groups -OCH3 is 1. The lowest BCUT2D eigenvalue weighted by Crippen LogP contribution is -2.08. The Labute approximate surface area is 113 Å². The van der Waals surface area contributed by atoms with Crippen molar-refractivity contribution in [2.75, 3.05) is 19.4 Å². The third kappa shape index (κ3) is 3.06. The summed E-state index contributed by atoms with van der Waals surface area (Å²) in [7, 11) is 1.66. The molecule has 0 unspecified atom stereocenters. The van der Waals surface area contributed by atoms with Crippen LogP contribution in [0.15, 0.2) is 30.5 Å². The fraction of sp³-hybridized carbons (Fsp3) is 0.357. The Balaban J connectivity index is 2.17. The van der Waals surface area contributed by atoms with E-state index in [2.05, 4.69) is 5.10 Å². The quantitative estimate of drug-likeness (QED) is 0.823. The molecule has 4 N–H and O–H groups in total. The lowest BCUT2D eigenvalue weighted by molar-refractivity contribution is 0.407. The minimum absolute atomic E-state index is 0.610. The molecule has 1 aromatic heterocycles. The van der Waals surface area contributed by atoms with Gasteiger partial charge in [0.15, 0.2) is 0 Å². The SMILES string of the molecule is COc1ccccc1Cn1ncc(CCCN)c1N. The maximum atomic E-state index is 6.10. The first-order valence-electron chi connectivity index (χ1n) is 6.38. The van der Waals surface area contributed by atoms with Crippen molar-refractivity contribution in [2.45, 2.75) is 19.4 Å². The van der Waals surface area contributed by atoms with E-state index < -0.39 is 0 Å². The number of nitrogens with zero attached hydrogens (tertiary/aromatic N) is 2. The number of ether oxygens (including phenoxy) is 1. The number of nitrogens with two attached hydrogens (primary N) is 2. The zero-order valence-corrected chi connectivity index (χ0v) is 11.2. The second-order valence-corrected chi connectivity index (χ2v) is 4.42. The summed E-state index contributed by atoms with van der Waals surface area (Å²) < 4.78 is 7.13. The number of nitrogen functional groups attached to an aromatic ring is 1. The Morgan fingerprint density at radius 2 is 2.05 bits per heavy atom. The van der Waals surface area contributed by atoms with Gasteiger partial charge in [-0.25, -0.2) is 4.68 Å². The van der Waals surface area contributed by atoms with Gasteiger partial charge in [0.05, 0.1) is 19.9 Å². The molecular formula is C14H20N4O. The zero-order valence-electron chi connectivity index (χ0n) is 11.2. The highest BCUT2D eigenvalue weighted by Crippen LogP contribution is 2.21. The Morgan fingerprint density at radius 3 is 2.79 bits per heavy atom. The highest BCUT2D eigenvalue weighted by molar-refractivity contribution is 5.41. The van der Waals surface area contributed by atoms with Gasteiger partial charge >= 0.3 is 0 Å². The van der Waals surface area contributed by atoms with E-state index in [1.54, 1.807) is 11.8 Å². The van der Waals surface area contributed by atoms with Crippen molar-refractivity contribution in [3.63, 3.8) is 0 Å². The highest BCUT2D eigenvalue weighted by atomic mass is 16.5. The van der Waals surface area contributed by atoms with E-state index in [0.29, 0.717) is 18.9 Å². The van der Waals surface area contributed by atoms with Crippen LogP contribution in [0.3, 0.4) is 0 Å². The Kier molecular flexibility index (Phi) is 4.41. The number of hydrogen-bond donors (Lipinski definition) is 2. The van der Waals surface area contributed by atoms with Crippen LogP contribution < -0.4 is 16.2 Å². The topological polar surface area (TPSA) is 79.1 Å². The summed E-state index contributed by atoms with van der Waals surface area (Å²) in [5.41, 5.74) is 13.7. The Bertz CT molecular complexity index is 536. The van der Waals surface area contributed by atoms with Crippen molar-refractivity contribution >= 4 is 5.82 Å². The van der Waals surface area contributed by atoms with E-state index in [1.165, 1.54) is 0 Å². The third-order valence-electron chi connectivity index (χ3n) is 3.12. The predicted octanol–water partition coefficient (Wildman–Crippen LogP) is 1.41. The van der Waals surface area contributed by atoms with Gasteiger partial charge in [-0.3, -0.25) is 0 Å². The molecular weight excluding hydrogens is 240 g/mol. The second kappa shape index (κ2) is 6.24. The molecule has 0 aliphatic carbocycles. The lowest BCUT2D eigenvalue weighted by atomic mass is 10.2. The molecule has 0 saturated heterocycles. The normalized spacial score (nSPS) is 10.6. The minimum atomic E-state index is 0.610.